The van der Waals surface area contributed by atoms with Crippen molar-refractivity contribution in [2.24, 2.45) is 0 Å². The van der Waals surface area contributed by atoms with Crippen LogP contribution in [0.25, 0.3) is 0 Å². The average Bonchev–Trinajstić information content (AvgIpc) is 2.64. The van der Waals surface area contributed by atoms with E-state index in [0.29, 0.717) is 6.04 Å². The lowest BCUT2D eigenvalue weighted by Crippen LogP contribution is -3.16. The van der Waals surface area contributed by atoms with Gasteiger partial charge in [0.25, 0.3) is 0 Å². The van der Waals surface area contributed by atoms with Crippen LogP contribution in [0.1, 0.15) is 17.2 Å². The predicted molar refractivity (Wildman–Crippen MR) is 97.6 cm³/mol. The molecule has 0 spiro atoms. The minimum absolute atomic E-state index is 0.498. The van der Waals surface area contributed by atoms with Gasteiger partial charge in [-0.1, -0.05) is 35.9 Å². The topological polar surface area (TPSA) is 44.5 Å². The molecule has 0 saturated carbocycles. The number of benzene rings is 2. The molecule has 4 nitrogen and oxygen atoms in total. The molecule has 1 heterocycles. The molecule has 128 valence electrons. The molecule has 2 aromatic carbocycles. The van der Waals surface area contributed by atoms with Crippen LogP contribution < -0.4 is 20.3 Å². The lowest BCUT2D eigenvalue weighted by Gasteiger charge is -2.36. The van der Waals surface area contributed by atoms with Crippen LogP contribution in [-0.2, 0) is 0 Å². The Labute approximate surface area is 144 Å². The largest absolute Gasteiger partial charge is 0.497 e. The van der Waals surface area contributed by atoms with Crippen molar-refractivity contribution in [3.8, 4) is 5.75 Å². The molecule has 0 aliphatic carbocycles. The normalized spacial score (nSPS) is 16.9. The van der Waals surface area contributed by atoms with Crippen molar-refractivity contribution in [2.75, 3.05) is 44.7 Å². The van der Waals surface area contributed by atoms with E-state index in [4.69, 9.17) is 4.74 Å². The highest BCUT2D eigenvalue weighted by molar-refractivity contribution is 5.50. The van der Waals surface area contributed by atoms with Crippen molar-refractivity contribution in [1.82, 2.24) is 0 Å². The first-order chi connectivity index (χ1) is 11.7. The molecule has 1 saturated heterocycles. The summed E-state index contributed by atoms with van der Waals surface area (Å²) in [6.45, 7) is 7.52. The molecule has 0 bridgehead atoms. The molecular weight excluding hydrogens is 298 g/mol. The Morgan fingerprint density at radius 2 is 1.83 bits per heavy atom. The standard InChI is InChI=1S/C20H27N3O/c1-16-6-8-17(9-7-16)20(15-21)23-12-10-22(11-13-23)18-4-3-5-19(14-18)24-2/h3-9,14,20H,10-13,15,21H2,1-2H3/p+2/t20-/m1/s1. The first-order valence-electron chi connectivity index (χ1n) is 8.80. The Morgan fingerprint density at radius 3 is 2.46 bits per heavy atom. The van der Waals surface area contributed by atoms with E-state index in [1.807, 2.05) is 6.07 Å². The molecule has 4 heteroatoms. The quantitative estimate of drug-likeness (QED) is 0.849. The number of aryl methyl sites for hydroxylation is 1. The summed E-state index contributed by atoms with van der Waals surface area (Å²) in [5, 5.41) is 0. The van der Waals surface area contributed by atoms with E-state index in [0.717, 1.165) is 38.5 Å². The number of quaternary nitrogens is 2. The molecule has 0 aromatic heterocycles. The molecule has 0 unspecified atom stereocenters. The van der Waals surface area contributed by atoms with Gasteiger partial charge >= 0.3 is 0 Å². The van der Waals surface area contributed by atoms with Gasteiger partial charge in [-0.25, -0.2) is 0 Å². The summed E-state index contributed by atoms with van der Waals surface area (Å²) in [7, 11) is 1.72. The Bertz CT molecular complexity index is 648. The number of nitrogens with zero attached hydrogens (tertiary/aromatic N) is 1. The van der Waals surface area contributed by atoms with Crippen LogP contribution in [0.15, 0.2) is 48.5 Å². The van der Waals surface area contributed by atoms with E-state index in [9.17, 15) is 0 Å². The summed E-state index contributed by atoms with van der Waals surface area (Å²) in [5.74, 6) is 0.928. The average molecular weight is 327 g/mol. The third-order valence-corrected chi connectivity index (χ3v) is 5.09. The summed E-state index contributed by atoms with van der Waals surface area (Å²) in [5.41, 5.74) is 8.20. The van der Waals surface area contributed by atoms with Crippen molar-refractivity contribution in [1.29, 1.82) is 0 Å². The van der Waals surface area contributed by atoms with Gasteiger partial charge in [0.1, 0.15) is 12.3 Å². The molecule has 4 N–H and O–H groups in total. The van der Waals surface area contributed by atoms with E-state index in [1.54, 1.807) is 12.0 Å². The zero-order valence-electron chi connectivity index (χ0n) is 14.8. The van der Waals surface area contributed by atoms with Crippen molar-refractivity contribution < 1.29 is 15.4 Å². The Kier molecular flexibility index (Phi) is 5.38. The van der Waals surface area contributed by atoms with Crippen LogP contribution in [0.2, 0.25) is 0 Å². The molecule has 0 amide bonds. The number of hydrogen-bond acceptors (Lipinski definition) is 2. The first-order valence-corrected chi connectivity index (χ1v) is 8.80. The Balaban J connectivity index is 1.66. The van der Waals surface area contributed by atoms with E-state index < -0.39 is 0 Å². The fourth-order valence-electron chi connectivity index (χ4n) is 3.61. The van der Waals surface area contributed by atoms with Crippen LogP contribution in [0, 0.1) is 6.92 Å². The van der Waals surface area contributed by atoms with Gasteiger partial charge in [-0.15, -0.1) is 0 Å². The van der Waals surface area contributed by atoms with E-state index in [1.165, 1.54) is 16.8 Å². The molecule has 3 rings (SSSR count). The third kappa shape index (κ3) is 3.71. The highest BCUT2D eigenvalue weighted by atomic mass is 16.5. The summed E-state index contributed by atoms with van der Waals surface area (Å²) >= 11 is 0. The van der Waals surface area contributed by atoms with Crippen LogP contribution in [0.3, 0.4) is 0 Å². The molecule has 1 fully saturated rings. The van der Waals surface area contributed by atoms with Gasteiger partial charge in [0.2, 0.25) is 0 Å². The third-order valence-electron chi connectivity index (χ3n) is 5.09. The van der Waals surface area contributed by atoms with Crippen molar-refractivity contribution in [3.05, 3.63) is 59.7 Å². The van der Waals surface area contributed by atoms with Crippen molar-refractivity contribution in [3.63, 3.8) is 0 Å². The van der Waals surface area contributed by atoms with Gasteiger partial charge in [0, 0.05) is 17.3 Å². The van der Waals surface area contributed by atoms with Gasteiger partial charge in [-0.3, -0.25) is 0 Å². The summed E-state index contributed by atoms with van der Waals surface area (Å²) in [4.78, 5) is 4.11. The molecule has 0 radical (unpaired) electrons. The minimum Gasteiger partial charge on any atom is -0.497 e. The fourth-order valence-corrected chi connectivity index (χ4v) is 3.61. The van der Waals surface area contributed by atoms with Gasteiger partial charge in [-0.2, -0.15) is 0 Å². The molecule has 1 atom stereocenters. The number of methoxy groups -OCH3 is 1. The molecule has 2 aromatic rings. The number of nitrogens with one attached hydrogen (secondary N) is 1. The van der Waals surface area contributed by atoms with Crippen LogP contribution in [0.5, 0.6) is 5.75 Å². The van der Waals surface area contributed by atoms with E-state index in [-0.39, 0.29) is 0 Å². The minimum atomic E-state index is 0.498. The smallest absolute Gasteiger partial charge is 0.163 e. The Morgan fingerprint density at radius 1 is 1.12 bits per heavy atom. The van der Waals surface area contributed by atoms with Crippen LogP contribution >= 0.6 is 0 Å². The number of hydrogen-bond donors (Lipinski definition) is 2. The lowest BCUT2D eigenvalue weighted by atomic mass is 10.0. The zero-order chi connectivity index (χ0) is 16.9. The van der Waals surface area contributed by atoms with Crippen LogP contribution in [-0.4, -0.2) is 39.8 Å². The summed E-state index contributed by atoms with van der Waals surface area (Å²) in [6, 6.07) is 17.8. The van der Waals surface area contributed by atoms with Crippen LogP contribution in [0.4, 0.5) is 5.69 Å². The Hall–Kier alpha value is -2.04. The maximum Gasteiger partial charge on any atom is 0.163 e. The molecular formula is C20H29N3O+2. The SMILES string of the molecule is COc1cccc(N2CC[NH+]([C@H](C[NH3+])c3ccc(C)cc3)CC2)c1. The fraction of sp³-hybridized carbons (Fsp3) is 0.400. The predicted octanol–water partition coefficient (Wildman–Crippen LogP) is 0.692. The maximum absolute atomic E-state index is 5.35. The van der Waals surface area contributed by atoms with Crippen molar-refractivity contribution >= 4 is 5.69 Å². The summed E-state index contributed by atoms with van der Waals surface area (Å²) < 4.78 is 5.35. The zero-order valence-corrected chi connectivity index (χ0v) is 14.8. The van der Waals surface area contributed by atoms with Gasteiger partial charge in [0.05, 0.1) is 33.3 Å². The monoisotopic (exact) mass is 327 g/mol. The number of rotatable bonds is 5. The second-order valence-corrected chi connectivity index (χ2v) is 6.60. The lowest BCUT2D eigenvalue weighted by molar-refractivity contribution is -0.938. The first kappa shape index (κ1) is 16.8. The van der Waals surface area contributed by atoms with Gasteiger partial charge in [0.15, 0.2) is 6.04 Å². The highest BCUT2D eigenvalue weighted by Crippen LogP contribution is 2.21. The van der Waals surface area contributed by atoms with E-state index in [2.05, 4.69) is 60.0 Å². The second kappa shape index (κ2) is 7.69. The van der Waals surface area contributed by atoms with Gasteiger partial charge < -0.3 is 20.3 Å². The van der Waals surface area contributed by atoms with Crippen molar-refractivity contribution in [2.45, 2.75) is 13.0 Å². The molecule has 24 heavy (non-hydrogen) atoms. The number of ether oxygens (including phenoxy) is 1. The second-order valence-electron chi connectivity index (χ2n) is 6.60. The van der Waals surface area contributed by atoms with E-state index >= 15 is 0 Å². The molecule has 1 aliphatic heterocycles. The van der Waals surface area contributed by atoms with Gasteiger partial charge in [-0.05, 0) is 19.1 Å². The number of anilines is 1. The maximum atomic E-state index is 5.35. The number of piperazine rings is 1. The molecule has 1 aliphatic rings. The highest BCUT2D eigenvalue weighted by Gasteiger charge is 2.29. The summed E-state index contributed by atoms with van der Waals surface area (Å²) in [6.07, 6.45) is 0.